The molecule has 1 aliphatic rings. The van der Waals surface area contributed by atoms with E-state index in [9.17, 15) is 4.79 Å². The zero-order valence-corrected chi connectivity index (χ0v) is 19.0. The highest BCUT2D eigenvalue weighted by Gasteiger charge is 2.38. The van der Waals surface area contributed by atoms with Gasteiger partial charge in [0.25, 0.3) is 0 Å². The first kappa shape index (κ1) is 22.6. The Kier molecular flexibility index (Phi) is 7.43. The Balaban J connectivity index is 1.65. The molecule has 0 radical (unpaired) electrons. The first-order valence-corrected chi connectivity index (χ1v) is 11.1. The number of carbonyl (C=O) groups excluding carboxylic acids is 1. The number of carbonyl (C=O) groups is 1. The number of hydrogen-bond donors (Lipinski definition) is 2. The van der Waals surface area contributed by atoms with Gasteiger partial charge >= 0.3 is 6.09 Å². The van der Waals surface area contributed by atoms with Crippen LogP contribution in [0.5, 0.6) is 0 Å². The summed E-state index contributed by atoms with van der Waals surface area (Å²) in [5, 5.41) is 7.29. The third kappa shape index (κ3) is 6.48. The third-order valence-electron chi connectivity index (χ3n) is 5.77. The molecule has 0 saturated heterocycles. The van der Waals surface area contributed by atoms with Gasteiger partial charge in [-0.1, -0.05) is 54.1 Å². The van der Waals surface area contributed by atoms with Gasteiger partial charge in [0.2, 0.25) is 0 Å². The Morgan fingerprint density at radius 1 is 1.10 bits per heavy atom. The maximum absolute atomic E-state index is 12.3. The largest absolute Gasteiger partial charge is 0.449 e. The van der Waals surface area contributed by atoms with Gasteiger partial charge in [-0.25, -0.2) is 4.79 Å². The molecule has 1 fully saturated rings. The predicted molar refractivity (Wildman–Crippen MR) is 123 cm³/mol. The van der Waals surface area contributed by atoms with Crippen molar-refractivity contribution in [3.05, 3.63) is 70.7 Å². The van der Waals surface area contributed by atoms with Crippen LogP contribution in [0.1, 0.15) is 57.6 Å². The summed E-state index contributed by atoms with van der Waals surface area (Å²) in [6.07, 6.45) is 3.59. The Labute approximate surface area is 185 Å². The van der Waals surface area contributed by atoms with Crippen LogP contribution < -0.4 is 10.6 Å². The second-order valence-electron chi connectivity index (χ2n) is 9.38. The van der Waals surface area contributed by atoms with Crippen LogP contribution in [0.3, 0.4) is 0 Å². The molecule has 0 aliphatic heterocycles. The molecule has 0 heterocycles. The molecule has 162 valence electrons. The van der Waals surface area contributed by atoms with Crippen LogP contribution in [-0.4, -0.2) is 24.3 Å². The average molecular weight is 429 g/mol. The van der Waals surface area contributed by atoms with Gasteiger partial charge in [0.15, 0.2) is 0 Å². The molecule has 3 rings (SSSR count). The number of alkyl carbamates (subject to hydrolysis) is 1. The fraction of sp³-hybridized carbons (Fsp3) is 0.480. The maximum Gasteiger partial charge on any atom is 0.407 e. The minimum atomic E-state index is -0.367. The van der Waals surface area contributed by atoms with Gasteiger partial charge in [-0.05, 0) is 69.7 Å². The quantitative estimate of drug-likeness (QED) is 0.608. The van der Waals surface area contributed by atoms with Gasteiger partial charge in [-0.3, -0.25) is 0 Å². The van der Waals surface area contributed by atoms with Crippen molar-refractivity contribution in [2.45, 2.75) is 70.0 Å². The van der Waals surface area contributed by atoms with E-state index in [-0.39, 0.29) is 17.0 Å². The molecule has 1 amide bonds. The van der Waals surface area contributed by atoms with Gasteiger partial charge < -0.3 is 15.4 Å². The highest BCUT2D eigenvalue weighted by Crippen LogP contribution is 2.40. The zero-order chi connectivity index (χ0) is 21.6. The number of nitrogens with one attached hydrogen (secondary N) is 2. The highest BCUT2D eigenvalue weighted by molar-refractivity contribution is 6.30. The number of amides is 1. The summed E-state index contributed by atoms with van der Waals surface area (Å²) in [5.41, 5.74) is 1.93. The van der Waals surface area contributed by atoms with Crippen LogP contribution in [0.15, 0.2) is 54.6 Å². The topological polar surface area (TPSA) is 50.4 Å². The lowest BCUT2D eigenvalue weighted by molar-refractivity contribution is 0.0879. The lowest BCUT2D eigenvalue weighted by atomic mass is 9.68. The molecular weight excluding hydrogens is 396 g/mol. The number of ether oxygens (including phenoxy) is 1. The van der Waals surface area contributed by atoms with Crippen LogP contribution in [0.25, 0.3) is 0 Å². The fourth-order valence-corrected chi connectivity index (χ4v) is 4.30. The molecule has 1 aliphatic carbocycles. The molecular formula is C25H33ClN2O2. The van der Waals surface area contributed by atoms with E-state index < -0.39 is 0 Å². The van der Waals surface area contributed by atoms with Gasteiger partial charge in [0, 0.05) is 28.6 Å². The van der Waals surface area contributed by atoms with Crippen LogP contribution in [0.4, 0.5) is 4.79 Å². The van der Waals surface area contributed by atoms with Crippen molar-refractivity contribution in [1.29, 1.82) is 0 Å². The van der Waals surface area contributed by atoms with E-state index in [2.05, 4.69) is 41.0 Å². The second-order valence-corrected chi connectivity index (χ2v) is 9.82. The first-order chi connectivity index (χ1) is 14.3. The lowest BCUT2D eigenvalue weighted by Crippen LogP contribution is -2.45. The molecule has 2 aromatic rings. The lowest BCUT2D eigenvalue weighted by Gasteiger charge is -2.40. The minimum absolute atomic E-state index is 0.203. The Hall–Kier alpha value is -2.04. The maximum atomic E-state index is 12.3. The van der Waals surface area contributed by atoms with E-state index in [0.717, 1.165) is 42.8 Å². The van der Waals surface area contributed by atoms with Crippen molar-refractivity contribution in [1.82, 2.24) is 10.6 Å². The van der Waals surface area contributed by atoms with Gasteiger partial charge in [-0.2, -0.15) is 0 Å². The summed E-state index contributed by atoms with van der Waals surface area (Å²) >= 11 is 6.29. The molecule has 2 N–H and O–H groups in total. The van der Waals surface area contributed by atoms with E-state index in [0.29, 0.717) is 12.6 Å². The molecule has 0 atom stereocenters. The molecule has 0 spiro atoms. The van der Waals surface area contributed by atoms with Crippen molar-refractivity contribution in [2.75, 3.05) is 6.61 Å². The average Bonchev–Trinajstić information content (AvgIpc) is 2.71. The molecule has 0 bridgehead atoms. The molecule has 5 heteroatoms. The van der Waals surface area contributed by atoms with Crippen molar-refractivity contribution in [3.63, 3.8) is 0 Å². The van der Waals surface area contributed by atoms with E-state index >= 15 is 0 Å². The first-order valence-electron chi connectivity index (χ1n) is 10.7. The highest BCUT2D eigenvalue weighted by atomic mass is 35.5. The Morgan fingerprint density at radius 3 is 2.43 bits per heavy atom. The summed E-state index contributed by atoms with van der Waals surface area (Å²) < 4.78 is 5.71. The summed E-state index contributed by atoms with van der Waals surface area (Å²) in [6, 6.07) is 18.9. The summed E-state index contributed by atoms with van der Waals surface area (Å²) in [7, 11) is 0. The predicted octanol–water partition coefficient (Wildman–Crippen LogP) is 5.83. The van der Waals surface area contributed by atoms with Crippen molar-refractivity contribution in [2.24, 2.45) is 0 Å². The van der Waals surface area contributed by atoms with Crippen molar-refractivity contribution in [3.8, 4) is 0 Å². The molecule has 0 aromatic heterocycles. The molecule has 2 aromatic carbocycles. The molecule has 1 saturated carbocycles. The van der Waals surface area contributed by atoms with Gasteiger partial charge in [0.05, 0.1) is 0 Å². The number of halogens is 1. The second kappa shape index (κ2) is 9.84. The van der Waals surface area contributed by atoms with E-state index in [4.69, 9.17) is 16.3 Å². The van der Waals surface area contributed by atoms with E-state index in [1.807, 2.05) is 45.0 Å². The molecule has 30 heavy (non-hydrogen) atoms. The fourth-order valence-electron chi connectivity index (χ4n) is 4.11. The smallest absolute Gasteiger partial charge is 0.407 e. The Morgan fingerprint density at radius 2 is 1.80 bits per heavy atom. The molecule has 4 nitrogen and oxygen atoms in total. The van der Waals surface area contributed by atoms with Crippen LogP contribution in [0, 0.1) is 0 Å². The SMILES string of the molecule is CC(C)(C)NC(=O)OCC1(c2cccc(Cl)c2)CCC(NCc2ccccc2)CC1. The standard InChI is InChI=1S/C25H33ClN2O2/c1-24(2,3)28-23(29)30-18-25(20-10-7-11-21(26)16-20)14-12-22(13-15-25)27-17-19-8-5-4-6-9-19/h4-11,16,22,27H,12-15,17-18H2,1-3H3,(H,28,29). The summed E-state index contributed by atoms with van der Waals surface area (Å²) in [6.45, 7) is 7.08. The van der Waals surface area contributed by atoms with Gasteiger partial charge in [-0.15, -0.1) is 0 Å². The van der Waals surface area contributed by atoms with Crippen LogP contribution >= 0.6 is 11.6 Å². The third-order valence-corrected chi connectivity index (χ3v) is 6.01. The molecule has 0 unspecified atom stereocenters. The van der Waals surface area contributed by atoms with Crippen LogP contribution in [0.2, 0.25) is 5.02 Å². The summed E-state index contributed by atoms with van der Waals surface area (Å²) in [4.78, 5) is 12.3. The number of hydrogen-bond acceptors (Lipinski definition) is 3. The van der Waals surface area contributed by atoms with Crippen molar-refractivity contribution < 1.29 is 9.53 Å². The van der Waals surface area contributed by atoms with E-state index in [1.165, 1.54) is 5.56 Å². The van der Waals surface area contributed by atoms with Crippen LogP contribution in [-0.2, 0) is 16.7 Å². The summed E-state index contributed by atoms with van der Waals surface area (Å²) in [5.74, 6) is 0. The number of rotatable bonds is 6. The minimum Gasteiger partial charge on any atom is -0.449 e. The monoisotopic (exact) mass is 428 g/mol. The zero-order valence-electron chi connectivity index (χ0n) is 18.2. The van der Waals surface area contributed by atoms with E-state index in [1.54, 1.807) is 0 Å². The number of benzene rings is 2. The van der Waals surface area contributed by atoms with Gasteiger partial charge in [0.1, 0.15) is 6.61 Å². The van der Waals surface area contributed by atoms with Crippen molar-refractivity contribution >= 4 is 17.7 Å². The normalized spacial score (nSPS) is 21.8. The Bertz CT molecular complexity index is 825.